The normalized spacial score (nSPS) is 18.8. The second kappa shape index (κ2) is 21.1. The fourth-order valence-electron chi connectivity index (χ4n) is 7.16. The largest absolute Gasteiger partial charge is 0.508 e. The summed E-state index contributed by atoms with van der Waals surface area (Å²) in [6.07, 6.45) is 8.04. The summed E-state index contributed by atoms with van der Waals surface area (Å²) in [4.78, 5) is 69.7. The smallest absolute Gasteiger partial charge is 0.326 e. The first kappa shape index (κ1) is 41.9. The Morgan fingerprint density at radius 3 is 1.96 bits per heavy atom. The van der Waals surface area contributed by atoms with E-state index in [1.165, 1.54) is 17.0 Å². The molecule has 2 fully saturated rings. The maximum Gasteiger partial charge on any atom is 0.326 e. The van der Waals surface area contributed by atoms with Crippen molar-refractivity contribution >= 4 is 52.8 Å². The van der Waals surface area contributed by atoms with Gasteiger partial charge in [0.2, 0.25) is 23.6 Å². The Morgan fingerprint density at radius 1 is 0.755 bits per heavy atom. The molecule has 14 heteroatoms. The van der Waals surface area contributed by atoms with Crippen LogP contribution in [0.4, 0.5) is 0 Å². The van der Waals surface area contributed by atoms with Gasteiger partial charge < -0.3 is 36.4 Å². The van der Waals surface area contributed by atoms with Gasteiger partial charge in [0.1, 0.15) is 34.8 Å². The second-order valence-electron chi connectivity index (χ2n) is 14.1. The molecule has 2 aliphatic heterocycles. The standard InChI is InChI=1S/C39H53Cl2N5O7/c40-34(41)15-7-2-1-6-12-28(42)25-35(48)45-22-8-13-32(45)36(49)43-30(21-18-26-10-4-3-5-11-26)38(51)46-23-9-14-33(46)37(50)44-31(39(52)53)24-27-16-19-29(47)20-17-27/h3-5,10-11,16-17,19-20,28,30-34,47H,1-2,6-9,12-15,18,21-25,42H2,(H,43,49)(H,44,50)(H,52,53). The Hall–Kier alpha value is -3.87. The topological polar surface area (TPSA) is 182 Å². The molecular formula is C39H53Cl2N5O7. The lowest BCUT2D eigenvalue weighted by Gasteiger charge is -2.31. The number of carbonyl (C=O) groups excluding carboxylic acids is 4. The van der Waals surface area contributed by atoms with Gasteiger partial charge >= 0.3 is 5.97 Å². The van der Waals surface area contributed by atoms with Crippen LogP contribution in [0.1, 0.15) is 88.2 Å². The van der Waals surface area contributed by atoms with Crippen molar-refractivity contribution in [2.75, 3.05) is 13.1 Å². The number of hydrogen-bond acceptors (Lipinski definition) is 7. The summed E-state index contributed by atoms with van der Waals surface area (Å²) in [7, 11) is 0. The number of likely N-dealkylation sites (tertiary alicyclic amines) is 2. The average Bonchev–Trinajstić information content (AvgIpc) is 3.83. The number of amides is 4. The van der Waals surface area contributed by atoms with Gasteiger partial charge in [0.05, 0.1) is 0 Å². The van der Waals surface area contributed by atoms with Crippen molar-refractivity contribution in [2.45, 2.75) is 125 Å². The number of rotatable bonds is 20. The van der Waals surface area contributed by atoms with Crippen LogP contribution in [-0.2, 0) is 36.8 Å². The summed E-state index contributed by atoms with van der Waals surface area (Å²) in [6, 6.07) is 11.4. The summed E-state index contributed by atoms with van der Waals surface area (Å²) in [5.41, 5.74) is 7.91. The third kappa shape index (κ3) is 13.2. The summed E-state index contributed by atoms with van der Waals surface area (Å²) < 4.78 is 0. The van der Waals surface area contributed by atoms with Crippen LogP contribution in [-0.4, -0.2) is 97.7 Å². The molecule has 0 spiro atoms. The molecule has 0 bridgehead atoms. The number of aliphatic carboxylic acids is 1. The van der Waals surface area contributed by atoms with Crippen LogP contribution in [0.15, 0.2) is 54.6 Å². The number of phenolic OH excluding ortho intramolecular Hbond substituents is 1. The molecule has 12 nitrogen and oxygen atoms in total. The van der Waals surface area contributed by atoms with Crippen LogP contribution < -0.4 is 16.4 Å². The van der Waals surface area contributed by atoms with Crippen LogP contribution in [0.3, 0.4) is 0 Å². The molecule has 2 aliphatic rings. The van der Waals surface area contributed by atoms with Gasteiger partial charge in [-0.25, -0.2) is 4.79 Å². The molecule has 2 heterocycles. The number of aryl methyl sites for hydroxylation is 1. The summed E-state index contributed by atoms with van der Waals surface area (Å²) in [5.74, 6) is -2.81. The fraction of sp³-hybridized carbons (Fsp3) is 0.564. The number of halogens is 2. The van der Waals surface area contributed by atoms with E-state index in [4.69, 9.17) is 28.9 Å². The van der Waals surface area contributed by atoms with Crippen LogP contribution in [0.5, 0.6) is 5.75 Å². The molecule has 290 valence electrons. The van der Waals surface area contributed by atoms with Crippen molar-refractivity contribution < 1.29 is 34.2 Å². The number of carbonyl (C=O) groups is 5. The highest BCUT2D eigenvalue weighted by Crippen LogP contribution is 2.24. The number of benzene rings is 2. The van der Waals surface area contributed by atoms with E-state index in [1.54, 1.807) is 17.0 Å². The third-order valence-electron chi connectivity index (χ3n) is 10.1. The van der Waals surface area contributed by atoms with Crippen LogP contribution in [0.25, 0.3) is 0 Å². The van der Waals surface area contributed by atoms with Gasteiger partial charge in [0.15, 0.2) is 0 Å². The Kier molecular flexibility index (Phi) is 16.7. The van der Waals surface area contributed by atoms with E-state index >= 15 is 0 Å². The molecule has 4 rings (SSSR count). The molecule has 0 radical (unpaired) electrons. The quantitative estimate of drug-likeness (QED) is 0.0966. The zero-order valence-corrected chi connectivity index (χ0v) is 31.6. The zero-order chi connectivity index (χ0) is 38.3. The van der Waals surface area contributed by atoms with Crippen LogP contribution in [0, 0.1) is 0 Å². The van der Waals surface area contributed by atoms with E-state index < -0.39 is 47.9 Å². The number of carboxylic acids is 1. The molecule has 6 N–H and O–H groups in total. The summed E-state index contributed by atoms with van der Waals surface area (Å²) >= 11 is 11.6. The van der Waals surface area contributed by atoms with E-state index in [2.05, 4.69) is 10.6 Å². The van der Waals surface area contributed by atoms with Crippen molar-refractivity contribution in [2.24, 2.45) is 5.73 Å². The summed E-state index contributed by atoms with van der Waals surface area (Å²) in [5, 5.41) is 25.0. The molecule has 2 aromatic carbocycles. The van der Waals surface area contributed by atoms with Gasteiger partial charge in [-0.3, -0.25) is 19.2 Å². The first-order valence-corrected chi connectivity index (χ1v) is 19.6. The minimum atomic E-state index is -1.25. The highest BCUT2D eigenvalue weighted by atomic mass is 35.5. The van der Waals surface area contributed by atoms with Crippen molar-refractivity contribution in [1.82, 2.24) is 20.4 Å². The fourth-order valence-corrected chi connectivity index (χ4v) is 7.47. The Morgan fingerprint density at radius 2 is 1.34 bits per heavy atom. The number of alkyl halides is 2. The molecule has 0 saturated carbocycles. The number of unbranched alkanes of at least 4 members (excludes halogenated alkanes) is 3. The van der Waals surface area contributed by atoms with E-state index in [-0.39, 0.29) is 48.3 Å². The summed E-state index contributed by atoms with van der Waals surface area (Å²) in [6.45, 7) is 0.698. The predicted molar refractivity (Wildman–Crippen MR) is 203 cm³/mol. The van der Waals surface area contributed by atoms with Crippen LogP contribution >= 0.6 is 23.2 Å². The van der Waals surface area contributed by atoms with Gasteiger partial charge in [-0.15, -0.1) is 23.2 Å². The molecule has 0 aliphatic carbocycles. The van der Waals surface area contributed by atoms with E-state index in [0.29, 0.717) is 50.6 Å². The number of hydrogen-bond donors (Lipinski definition) is 5. The Balaban J connectivity index is 1.40. The lowest BCUT2D eigenvalue weighted by molar-refractivity contribution is -0.145. The lowest BCUT2D eigenvalue weighted by Crippen LogP contribution is -2.57. The number of aromatic hydroxyl groups is 1. The molecule has 5 unspecified atom stereocenters. The molecular weight excluding hydrogens is 721 g/mol. The monoisotopic (exact) mass is 773 g/mol. The van der Waals surface area contributed by atoms with Gasteiger partial charge in [0.25, 0.3) is 0 Å². The third-order valence-corrected chi connectivity index (χ3v) is 10.5. The molecule has 2 saturated heterocycles. The molecule has 2 aromatic rings. The zero-order valence-electron chi connectivity index (χ0n) is 30.1. The Labute approximate surface area is 321 Å². The highest BCUT2D eigenvalue weighted by molar-refractivity contribution is 6.44. The highest BCUT2D eigenvalue weighted by Gasteiger charge is 2.41. The number of nitrogens with one attached hydrogen (secondary N) is 2. The van der Waals surface area contributed by atoms with E-state index in [0.717, 1.165) is 37.7 Å². The average molecular weight is 775 g/mol. The molecule has 4 amide bonds. The lowest BCUT2D eigenvalue weighted by atomic mass is 10.0. The second-order valence-corrected chi connectivity index (χ2v) is 15.4. The van der Waals surface area contributed by atoms with Gasteiger partial charge in [-0.1, -0.05) is 68.1 Å². The van der Waals surface area contributed by atoms with E-state index in [9.17, 15) is 34.2 Å². The molecule has 53 heavy (non-hydrogen) atoms. The van der Waals surface area contributed by atoms with Crippen molar-refractivity contribution in [3.63, 3.8) is 0 Å². The first-order valence-electron chi connectivity index (χ1n) is 18.7. The minimum absolute atomic E-state index is 0.0102. The number of carboxylic acid groups (broad SMARTS) is 1. The van der Waals surface area contributed by atoms with Gasteiger partial charge in [-0.05, 0) is 74.6 Å². The van der Waals surface area contributed by atoms with E-state index in [1.807, 2.05) is 30.3 Å². The number of nitrogens with two attached hydrogens (primary N) is 1. The number of phenols is 1. The number of nitrogens with zero attached hydrogens (tertiary/aromatic N) is 2. The first-order chi connectivity index (χ1) is 25.4. The Bertz CT molecular complexity index is 1510. The SMILES string of the molecule is NC(CCCCCCC(Cl)Cl)CC(=O)N1CCCC1C(=O)NC(CCc1ccccc1)C(=O)N1CCCC1C(=O)NC(Cc1ccc(O)cc1)C(=O)O. The maximum absolute atomic E-state index is 14.2. The van der Waals surface area contributed by atoms with Crippen molar-refractivity contribution in [3.8, 4) is 5.75 Å². The maximum atomic E-state index is 14.2. The molecule has 0 aromatic heterocycles. The van der Waals surface area contributed by atoms with Crippen molar-refractivity contribution in [3.05, 3.63) is 65.7 Å². The predicted octanol–water partition coefficient (Wildman–Crippen LogP) is 4.47. The van der Waals surface area contributed by atoms with Crippen molar-refractivity contribution in [1.29, 1.82) is 0 Å². The molecule has 5 atom stereocenters. The minimum Gasteiger partial charge on any atom is -0.508 e. The van der Waals surface area contributed by atoms with Crippen LogP contribution in [0.2, 0.25) is 0 Å². The van der Waals surface area contributed by atoms with Gasteiger partial charge in [-0.2, -0.15) is 0 Å². The van der Waals surface area contributed by atoms with Gasteiger partial charge in [0, 0.05) is 32.0 Å².